The van der Waals surface area contributed by atoms with Crippen molar-refractivity contribution in [2.24, 2.45) is 0 Å². The molecule has 0 fully saturated rings. The summed E-state index contributed by atoms with van der Waals surface area (Å²) >= 11 is 0. The molecule has 4 aromatic rings. The second-order valence-corrected chi connectivity index (χ2v) is 8.74. The van der Waals surface area contributed by atoms with E-state index in [1.165, 1.54) is 0 Å². The Hall–Kier alpha value is -4.74. The van der Waals surface area contributed by atoms with Crippen molar-refractivity contribution in [2.45, 2.75) is 4.90 Å². The van der Waals surface area contributed by atoms with Crippen LogP contribution in [0, 0.1) is 34.0 Å². The van der Waals surface area contributed by atoms with Crippen LogP contribution >= 0.6 is 0 Å². The molecule has 0 radical (unpaired) electrons. The van der Waals surface area contributed by atoms with Crippen molar-refractivity contribution in [1.82, 2.24) is 0 Å². The van der Waals surface area contributed by atoms with E-state index >= 15 is 0 Å². The summed E-state index contributed by atoms with van der Waals surface area (Å²) in [6, 6.07) is 28.6. The Balaban J connectivity index is 2.07. The van der Waals surface area contributed by atoms with Crippen molar-refractivity contribution in [2.75, 3.05) is 0 Å². The lowest BCUT2D eigenvalue weighted by atomic mass is 9.92. The van der Waals surface area contributed by atoms with Gasteiger partial charge in [-0.25, -0.2) is 8.42 Å². The van der Waals surface area contributed by atoms with Gasteiger partial charge in [0.15, 0.2) is 0 Å². The summed E-state index contributed by atoms with van der Waals surface area (Å²) in [4.78, 5) is -0.390. The second-order valence-electron chi connectivity index (χ2n) is 7.42. The minimum Gasteiger partial charge on any atom is -0.744 e. The lowest BCUT2D eigenvalue weighted by Crippen LogP contribution is -2.05. The van der Waals surface area contributed by atoms with Gasteiger partial charge in [-0.2, -0.15) is 15.8 Å². The average molecular weight is 460 g/mol. The summed E-state index contributed by atoms with van der Waals surface area (Å²) < 4.78 is 37.5. The summed E-state index contributed by atoms with van der Waals surface area (Å²) in [5, 5.41) is 27.3. The van der Waals surface area contributed by atoms with Crippen LogP contribution in [0.5, 0.6) is 0 Å². The Morgan fingerprint density at radius 1 is 0.529 bits per heavy atom. The first kappa shape index (κ1) is 22.5. The van der Waals surface area contributed by atoms with Gasteiger partial charge in [0.2, 0.25) is 0 Å². The number of rotatable bonds is 4. The Morgan fingerprint density at radius 3 is 1.15 bits per heavy atom. The van der Waals surface area contributed by atoms with Crippen molar-refractivity contribution in [1.29, 1.82) is 15.8 Å². The fourth-order valence-corrected chi connectivity index (χ4v) is 4.57. The van der Waals surface area contributed by atoms with Crippen LogP contribution in [0.1, 0.15) is 16.7 Å². The van der Waals surface area contributed by atoms with Crippen molar-refractivity contribution in [3.05, 3.63) is 102 Å². The molecule has 0 saturated carbocycles. The summed E-state index contributed by atoms with van der Waals surface area (Å²) in [6.07, 6.45) is 0. The third kappa shape index (κ3) is 4.41. The van der Waals surface area contributed by atoms with E-state index < -0.39 is 10.1 Å². The SMILES string of the molecule is N#Cc1ccc(-c2cc(-c3ccc(C#N)cc3)c(S(=O)(=O)[O-])c(-c3ccc(C#N)cc3)c2)cc1. The Bertz CT molecular complexity index is 1540. The van der Waals surface area contributed by atoms with Crippen LogP contribution in [0.15, 0.2) is 89.8 Å². The number of benzene rings is 4. The molecule has 0 atom stereocenters. The molecule has 0 aliphatic rings. The van der Waals surface area contributed by atoms with E-state index in [1.54, 1.807) is 84.9 Å². The molecule has 0 aliphatic heterocycles. The minimum absolute atomic E-state index is 0.195. The molecule has 4 rings (SSSR count). The first-order chi connectivity index (χ1) is 16.3. The second kappa shape index (κ2) is 9.02. The maximum absolute atomic E-state index is 12.5. The Labute approximate surface area is 197 Å². The van der Waals surface area contributed by atoms with Crippen LogP contribution in [0.2, 0.25) is 0 Å². The monoisotopic (exact) mass is 460 g/mol. The van der Waals surface area contributed by atoms with Crippen LogP contribution in [0.4, 0.5) is 0 Å². The standard InChI is InChI=1S/C27H15N3O3S/c28-15-18-1-7-21(8-2-18)24-13-25(22-9-3-19(16-29)4-10-22)27(34(31,32)33)26(14-24)23-11-5-20(17-30)6-12-23/h1-14H,(H,31,32,33)/p-1. The van der Waals surface area contributed by atoms with E-state index in [2.05, 4.69) is 6.07 Å². The number of hydrogen-bond acceptors (Lipinski definition) is 6. The zero-order valence-electron chi connectivity index (χ0n) is 17.6. The van der Waals surface area contributed by atoms with Gasteiger partial charge < -0.3 is 4.55 Å². The summed E-state index contributed by atoms with van der Waals surface area (Å²) in [7, 11) is -4.92. The Morgan fingerprint density at radius 2 is 0.853 bits per heavy atom. The van der Waals surface area contributed by atoms with Crippen LogP contribution in [-0.4, -0.2) is 13.0 Å². The molecule has 0 amide bonds. The molecule has 0 saturated heterocycles. The van der Waals surface area contributed by atoms with Crippen LogP contribution in [0.25, 0.3) is 33.4 Å². The highest BCUT2D eigenvalue weighted by Gasteiger charge is 2.20. The van der Waals surface area contributed by atoms with Gasteiger partial charge in [0.25, 0.3) is 0 Å². The van der Waals surface area contributed by atoms with Crippen LogP contribution in [-0.2, 0) is 10.1 Å². The van der Waals surface area contributed by atoms with Crippen molar-refractivity contribution in [3.63, 3.8) is 0 Å². The maximum Gasteiger partial charge on any atom is 0.125 e. The molecule has 0 unspecified atom stereocenters. The molecule has 0 heterocycles. The van der Waals surface area contributed by atoms with E-state index in [0.29, 0.717) is 33.4 Å². The summed E-state index contributed by atoms with van der Waals surface area (Å²) in [6.45, 7) is 0. The zero-order valence-corrected chi connectivity index (χ0v) is 18.4. The molecule has 0 spiro atoms. The third-order valence-corrected chi connectivity index (χ3v) is 6.28. The molecular formula is C27H14N3O3S-. The van der Waals surface area contributed by atoms with Crippen molar-refractivity contribution in [3.8, 4) is 51.6 Å². The van der Waals surface area contributed by atoms with E-state index in [4.69, 9.17) is 15.8 Å². The normalized spacial score (nSPS) is 10.6. The van der Waals surface area contributed by atoms with E-state index in [-0.39, 0.29) is 16.0 Å². The largest absolute Gasteiger partial charge is 0.744 e. The fourth-order valence-electron chi connectivity index (χ4n) is 3.68. The van der Waals surface area contributed by atoms with E-state index in [9.17, 15) is 13.0 Å². The van der Waals surface area contributed by atoms with Gasteiger partial charge in [0.1, 0.15) is 10.1 Å². The van der Waals surface area contributed by atoms with Gasteiger partial charge >= 0.3 is 0 Å². The predicted molar refractivity (Wildman–Crippen MR) is 125 cm³/mol. The molecule has 0 N–H and O–H groups in total. The molecule has 6 nitrogen and oxygen atoms in total. The van der Waals surface area contributed by atoms with Gasteiger partial charge in [0, 0.05) is 11.1 Å². The molecule has 0 aliphatic carbocycles. The van der Waals surface area contributed by atoms with Crippen LogP contribution in [0.3, 0.4) is 0 Å². The molecule has 0 aromatic heterocycles. The number of nitriles is 3. The van der Waals surface area contributed by atoms with Gasteiger partial charge in [-0.3, -0.25) is 0 Å². The lowest BCUT2D eigenvalue weighted by Gasteiger charge is -2.20. The topological polar surface area (TPSA) is 129 Å². The molecular weight excluding hydrogens is 446 g/mol. The first-order valence-corrected chi connectivity index (χ1v) is 11.4. The highest BCUT2D eigenvalue weighted by Crippen LogP contribution is 2.40. The highest BCUT2D eigenvalue weighted by molar-refractivity contribution is 7.86. The van der Waals surface area contributed by atoms with Gasteiger partial charge in [0.05, 0.1) is 39.8 Å². The predicted octanol–water partition coefficient (Wildman–Crippen LogP) is 5.21. The number of nitrogens with zero attached hydrogens (tertiary/aromatic N) is 3. The molecule has 162 valence electrons. The number of hydrogen-bond donors (Lipinski definition) is 0. The smallest absolute Gasteiger partial charge is 0.125 e. The molecule has 34 heavy (non-hydrogen) atoms. The zero-order chi connectivity index (χ0) is 24.3. The van der Waals surface area contributed by atoms with Crippen molar-refractivity contribution >= 4 is 10.1 Å². The van der Waals surface area contributed by atoms with Gasteiger partial charge in [-0.1, -0.05) is 36.4 Å². The maximum atomic E-state index is 12.5. The van der Waals surface area contributed by atoms with Gasteiger partial charge in [-0.15, -0.1) is 0 Å². The Kier molecular flexibility index (Phi) is 5.95. The molecule has 4 aromatic carbocycles. The first-order valence-electron chi connectivity index (χ1n) is 9.99. The molecule has 0 bridgehead atoms. The van der Waals surface area contributed by atoms with Gasteiger partial charge in [-0.05, 0) is 70.8 Å². The van der Waals surface area contributed by atoms with Crippen molar-refractivity contribution < 1.29 is 13.0 Å². The molecule has 7 heteroatoms. The van der Waals surface area contributed by atoms with Crippen LogP contribution < -0.4 is 0 Å². The third-order valence-electron chi connectivity index (χ3n) is 5.34. The van der Waals surface area contributed by atoms with E-state index in [0.717, 1.165) is 5.56 Å². The lowest BCUT2D eigenvalue weighted by molar-refractivity contribution is 0.463. The average Bonchev–Trinajstić information content (AvgIpc) is 2.87. The van der Waals surface area contributed by atoms with E-state index in [1.807, 2.05) is 12.1 Å². The quantitative estimate of drug-likeness (QED) is 0.385. The fraction of sp³-hybridized carbons (Fsp3) is 0. The summed E-state index contributed by atoms with van der Waals surface area (Å²) in [5.74, 6) is 0. The summed E-state index contributed by atoms with van der Waals surface area (Å²) in [5.41, 5.74) is 3.92. The minimum atomic E-state index is -4.92. The highest BCUT2D eigenvalue weighted by atomic mass is 32.2.